The largest absolute Gasteiger partial charge is 0.497 e. The molecule has 0 spiro atoms. The zero-order chi connectivity index (χ0) is 15.2. The van der Waals surface area contributed by atoms with Crippen molar-refractivity contribution in [3.8, 4) is 11.8 Å². The number of hydrogen-bond acceptors (Lipinski definition) is 4. The molecule has 0 radical (unpaired) electrons. The van der Waals surface area contributed by atoms with E-state index in [2.05, 4.69) is 27.3 Å². The van der Waals surface area contributed by atoms with E-state index in [0.717, 1.165) is 15.7 Å². The Morgan fingerprint density at radius 3 is 2.81 bits per heavy atom. The van der Waals surface area contributed by atoms with Crippen LogP contribution in [0.2, 0.25) is 0 Å². The van der Waals surface area contributed by atoms with Gasteiger partial charge in [0.25, 0.3) is 0 Å². The van der Waals surface area contributed by atoms with E-state index in [-0.39, 0.29) is 0 Å². The maximum Gasteiger partial charge on any atom is 0.119 e. The maximum absolute atomic E-state index is 10.2. The van der Waals surface area contributed by atoms with Crippen LogP contribution in [0.15, 0.2) is 46.9 Å². The molecule has 0 fully saturated rings. The molecule has 108 valence electrons. The minimum absolute atomic E-state index is 0.359. The summed E-state index contributed by atoms with van der Waals surface area (Å²) in [7, 11) is 1.59. The van der Waals surface area contributed by atoms with Gasteiger partial charge in [-0.05, 0) is 51.8 Å². The lowest BCUT2D eigenvalue weighted by Crippen LogP contribution is -2.12. The Morgan fingerprint density at radius 1 is 1.33 bits per heavy atom. The van der Waals surface area contributed by atoms with Gasteiger partial charge in [0, 0.05) is 16.7 Å². The smallest absolute Gasteiger partial charge is 0.119 e. The Hall–Kier alpha value is -2.03. The standard InChI is InChI=1S/C16H15BrN2O2/c1-21-13-4-2-3-12(8-13)16(20)10-19-15-6-5-11(9-18)7-14(15)17/h2-8,16,19-20H,10H2,1H3. The van der Waals surface area contributed by atoms with E-state index < -0.39 is 6.10 Å². The number of hydrogen-bond donors (Lipinski definition) is 2. The fourth-order valence-electron chi connectivity index (χ4n) is 1.90. The lowest BCUT2D eigenvalue weighted by atomic mass is 10.1. The van der Waals surface area contributed by atoms with Gasteiger partial charge < -0.3 is 15.2 Å². The van der Waals surface area contributed by atoms with Crippen molar-refractivity contribution in [1.82, 2.24) is 0 Å². The summed E-state index contributed by atoms with van der Waals surface area (Å²) >= 11 is 3.40. The molecule has 2 N–H and O–H groups in total. The molecule has 1 atom stereocenters. The van der Waals surface area contributed by atoms with Crippen LogP contribution in [0, 0.1) is 11.3 Å². The number of nitrogens with zero attached hydrogens (tertiary/aromatic N) is 1. The second-order valence-electron chi connectivity index (χ2n) is 4.48. The summed E-state index contributed by atoms with van der Waals surface area (Å²) in [6.07, 6.45) is -0.650. The van der Waals surface area contributed by atoms with Gasteiger partial charge in [0.1, 0.15) is 5.75 Å². The van der Waals surface area contributed by atoms with E-state index in [9.17, 15) is 5.11 Å². The highest BCUT2D eigenvalue weighted by Crippen LogP contribution is 2.25. The fraction of sp³-hybridized carbons (Fsp3) is 0.188. The van der Waals surface area contributed by atoms with Crippen LogP contribution in [0.3, 0.4) is 0 Å². The van der Waals surface area contributed by atoms with Gasteiger partial charge in [-0.2, -0.15) is 5.26 Å². The number of nitrogens with one attached hydrogen (secondary N) is 1. The highest BCUT2D eigenvalue weighted by atomic mass is 79.9. The minimum Gasteiger partial charge on any atom is -0.497 e. The zero-order valence-corrected chi connectivity index (χ0v) is 13.1. The van der Waals surface area contributed by atoms with Gasteiger partial charge in [0.05, 0.1) is 24.8 Å². The molecule has 0 heterocycles. The van der Waals surface area contributed by atoms with Crippen molar-refractivity contribution in [3.63, 3.8) is 0 Å². The third kappa shape index (κ3) is 3.97. The molecule has 0 aromatic heterocycles. The molecule has 2 aromatic rings. The first kappa shape index (κ1) is 15.4. The van der Waals surface area contributed by atoms with Crippen molar-refractivity contribution in [2.75, 3.05) is 19.0 Å². The van der Waals surface area contributed by atoms with Crippen LogP contribution in [0.1, 0.15) is 17.2 Å². The molecular weight excluding hydrogens is 332 g/mol. The number of ether oxygens (including phenoxy) is 1. The first-order valence-electron chi connectivity index (χ1n) is 6.39. The number of halogens is 1. The summed E-state index contributed by atoms with van der Waals surface area (Å²) in [6, 6.07) is 14.7. The predicted octanol–water partition coefficient (Wildman–Crippen LogP) is 3.47. The van der Waals surface area contributed by atoms with Crippen LogP contribution >= 0.6 is 15.9 Å². The third-order valence-corrected chi connectivity index (χ3v) is 3.72. The molecule has 21 heavy (non-hydrogen) atoms. The van der Waals surface area contributed by atoms with Crippen molar-refractivity contribution in [1.29, 1.82) is 5.26 Å². The second-order valence-corrected chi connectivity index (χ2v) is 5.33. The van der Waals surface area contributed by atoms with Crippen molar-refractivity contribution >= 4 is 21.6 Å². The van der Waals surface area contributed by atoms with Gasteiger partial charge >= 0.3 is 0 Å². The Balaban J connectivity index is 2.04. The Kier molecular flexibility index (Phi) is 5.20. The SMILES string of the molecule is COc1cccc(C(O)CNc2ccc(C#N)cc2Br)c1. The average Bonchev–Trinajstić information content (AvgIpc) is 2.53. The molecule has 0 aliphatic heterocycles. The highest BCUT2D eigenvalue weighted by molar-refractivity contribution is 9.10. The molecule has 2 aromatic carbocycles. The monoisotopic (exact) mass is 346 g/mol. The van der Waals surface area contributed by atoms with E-state index >= 15 is 0 Å². The number of benzene rings is 2. The minimum atomic E-state index is -0.650. The van der Waals surface area contributed by atoms with Gasteiger partial charge in [-0.1, -0.05) is 12.1 Å². The van der Waals surface area contributed by atoms with E-state index in [0.29, 0.717) is 17.9 Å². The van der Waals surface area contributed by atoms with Crippen molar-refractivity contribution in [2.45, 2.75) is 6.10 Å². The van der Waals surface area contributed by atoms with Crippen LogP contribution in [-0.2, 0) is 0 Å². The Bertz CT molecular complexity index is 668. The lowest BCUT2D eigenvalue weighted by molar-refractivity contribution is 0.191. The fourth-order valence-corrected chi connectivity index (χ4v) is 2.42. The molecule has 0 aliphatic rings. The van der Waals surface area contributed by atoms with E-state index in [1.165, 1.54) is 0 Å². The molecule has 1 unspecified atom stereocenters. The summed E-state index contributed by atoms with van der Waals surface area (Å²) in [6.45, 7) is 0.359. The molecule has 0 bridgehead atoms. The second kappa shape index (κ2) is 7.11. The summed E-state index contributed by atoms with van der Waals surface area (Å²) < 4.78 is 5.93. The molecule has 4 nitrogen and oxygen atoms in total. The Labute approximate surface area is 132 Å². The topological polar surface area (TPSA) is 65.3 Å². The number of methoxy groups -OCH3 is 1. The van der Waals surface area contributed by atoms with Gasteiger partial charge in [-0.25, -0.2) is 0 Å². The van der Waals surface area contributed by atoms with Gasteiger partial charge in [0.2, 0.25) is 0 Å². The predicted molar refractivity (Wildman–Crippen MR) is 85.3 cm³/mol. The van der Waals surface area contributed by atoms with Gasteiger partial charge in [0.15, 0.2) is 0 Å². The molecule has 0 amide bonds. The first-order chi connectivity index (χ1) is 10.1. The van der Waals surface area contributed by atoms with E-state index in [1.807, 2.05) is 18.2 Å². The van der Waals surface area contributed by atoms with Gasteiger partial charge in [-0.15, -0.1) is 0 Å². The van der Waals surface area contributed by atoms with Crippen LogP contribution in [0.25, 0.3) is 0 Å². The van der Waals surface area contributed by atoms with Crippen molar-refractivity contribution in [3.05, 3.63) is 58.1 Å². The molecular formula is C16H15BrN2O2. The highest BCUT2D eigenvalue weighted by Gasteiger charge is 2.09. The van der Waals surface area contributed by atoms with Crippen LogP contribution in [0.4, 0.5) is 5.69 Å². The summed E-state index contributed by atoms with van der Waals surface area (Å²) in [5, 5.41) is 22.2. The van der Waals surface area contributed by atoms with Crippen LogP contribution in [-0.4, -0.2) is 18.8 Å². The van der Waals surface area contributed by atoms with E-state index in [1.54, 1.807) is 31.4 Å². The zero-order valence-electron chi connectivity index (χ0n) is 11.5. The summed E-state index contributed by atoms with van der Waals surface area (Å²) in [5.74, 6) is 0.714. The normalized spacial score (nSPS) is 11.5. The van der Waals surface area contributed by atoms with E-state index in [4.69, 9.17) is 10.00 Å². The number of rotatable bonds is 5. The van der Waals surface area contributed by atoms with Crippen LogP contribution in [0.5, 0.6) is 5.75 Å². The molecule has 0 aliphatic carbocycles. The third-order valence-electron chi connectivity index (χ3n) is 3.06. The molecule has 2 rings (SSSR count). The first-order valence-corrected chi connectivity index (χ1v) is 7.19. The summed E-state index contributed by atoms with van der Waals surface area (Å²) in [4.78, 5) is 0. The quantitative estimate of drug-likeness (QED) is 0.869. The van der Waals surface area contributed by atoms with Crippen molar-refractivity contribution < 1.29 is 9.84 Å². The number of aliphatic hydroxyl groups is 1. The maximum atomic E-state index is 10.2. The van der Waals surface area contributed by atoms with Crippen LogP contribution < -0.4 is 10.1 Å². The number of aliphatic hydroxyl groups excluding tert-OH is 1. The summed E-state index contributed by atoms with van der Waals surface area (Å²) in [5.41, 5.74) is 2.20. The Morgan fingerprint density at radius 2 is 2.14 bits per heavy atom. The average molecular weight is 347 g/mol. The molecule has 0 saturated carbocycles. The number of nitriles is 1. The lowest BCUT2D eigenvalue weighted by Gasteiger charge is -2.15. The molecule has 5 heteroatoms. The molecule has 0 saturated heterocycles. The number of anilines is 1. The van der Waals surface area contributed by atoms with Gasteiger partial charge in [-0.3, -0.25) is 0 Å². The van der Waals surface area contributed by atoms with Crippen molar-refractivity contribution in [2.24, 2.45) is 0 Å².